The van der Waals surface area contributed by atoms with Crippen LogP contribution in [0, 0.1) is 5.92 Å². The fourth-order valence-electron chi connectivity index (χ4n) is 4.42. The van der Waals surface area contributed by atoms with E-state index in [1.54, 1.807) is 0 Å². The molecule has 2 aliphatic heterocycles. The Morgan fingerprint density at radius 3 is 2.50 bits per heavy atom. The van der Waals surface area contributed by atoms with Gasteiger partial charge >= 0.3 is 0 Å². The topological polar surface area (TPSA) is 54.3 Å². The first-order chi connectivity index (χ1) is 11.8. The van der Waals surface area contributed by atoms with E-state index in [9.17, 15) is 4.79 Å². The number of carbonyl (C=O) groups is 1. The van der Waals surface area contributed by atoms with Crippen molar-refractivity contribution in [3.8, 4) is 0 Å². The first-order valence-electron chi connectivity index (χ1n) is 9.73. The zero-order valence-electron chi connectivity index (χ0n) is 14.6. The van der Waals surface area contributed by atoms with Gasteiger partial charge in [-0.05, 0) is 25.7 Å². The maximum absolute atomic E-state index is 12.5. The smallest absolute Gasteiger partial charge is 0.225 e. The quantitative estimate of drug-likeness (QED) is 0.848. The molecule has 0 N–H and O–H groups in total. The van der Waals surface area contributed by atoms with Crippen LogP contribution in [0.3, 0.4) is 0 Å². The summed E-state index contributed by atoms with van der Waals surface area (Å²) < 4.78 is 2.34. The van der Waals surface area contributed by atoms with Crippen LogP contribution in [-0.2, 0) is 24.3 Å². The monoisotopic (exact) mass is 331 g/mol. The van der Waals surface area contributed by atoms with Crippen LogP contribution in [0.15, 0.2) is 0 Å². The van der Waals surface area contributed by atoms with Crippen molar-refractivity contribution in [1.29, 1.82) is 0 Å². The molecule has 4 rings (SSSR count). The van der Waals surface area contributed by atoms with Crippen LogP contribution in [0.4, 0.5) is 0 Å². The second kappa shape index (κ2) is 7.21. The Kier molecular flexibility index (Phi) is 4.83. The molecule has 3 heterocycles. The molecule has 0 spiro atoms. The number of nitrogens with zero attached hydrogens (tertiary/aromatic N) is 5. The van der Waals surface area contributed by atoms with Crippen molar-refractivity contribution >= 4 is 5.91 Å². The lowest BCUT2D eigenvalue weighted by Crippen LogP contribution is -2.49. The van der Waals surface area contributed by atoms with Gasteiger partial charge in [-0.1, -0.05) is 19.3 Å². The molecule has 0 radical (unpaired) electrons. The Hall–Kier alpha value is -1.43. The van der Waals surface area contributed by atoms with E-state index in [4.69, 9.17) is 0 Å². The van der Waals surface area contributed by atoms with Gasteiger partial charge in [0.15, 0.2) is 0 Å². The Morgan fingerprint density at radius 2 is 1.71 bits per heavy atom. The van der Waals surface area contributed by atoms with Gasteiger partial charge in [0.1, 0.15) is 11.6 Å². The summed E-state index contributed by atoms with van der Waals surface area (Å²) >= 11 is 0. The summed E-state index contributed by atoms with van der Waals surface area (Å²) in [6.45, 7) is 5.60. The average molecular weight is 331 g/mol. The van der Waals surface area contributed by atoms with Gasteiger partial charge < -0.3 is 9.47 Å². The molecule has 1 aromatic heterocycles. The van der Waals surface area contributed by atoms with Crippen molar-refractivity contribution in [3.05, 3.63) is 11.6 Å². The highest BCUT2D eigenvalue weighted by molar-refractivity contribution is 5.79. The number of amides is 1. The third kappa shape index (κ3) is 3.34. The van der Waals surface area contributed by atoms with Crippen LogP contribution in [0.5, 0.6) is 0 Å². The van der Waals surface area contributed by atoms with Gasteiger partial charge in [0.05, 0.1) is 6.54 Å². The van der Waals surface area contributed by atoms with E-state index in [0.717, 1.165) is 70.2 Å². The van der Waals surface area contributed by atoms with Gasteiger partial charge in [-0.3, -0.25) is 9.69 Å². The number of hydrogen-bond donors (Lipinski definition) is 0. The molecular weight excluding hydrogens is 302 g/mol. The highest BCUT2D eigenvalue weighted by Crippen LogP contribution is 2.27. The van der Waals surface area contributed by atoms with Crippen LogP contribution in [0.2, 0.25) is 0 Å². The van der Waals surface area contributed by atoms with Crippen molar-refractivity contribution in [2.45, 2.75) is 64.5 Å². The zero-order valence-corrected chi connectivity index (χ0v) is 14.6. The van der Waals surface area contributed by atoms with Gasteiger partial charge in [-0.2, -0.15) is 0 Å². The lowest BCUT2D eigenvalue weighted by molar-refractivity contribution is -0.137. The van der Waals surface area contributed by atoms with Crippen molar-refractivity contribution in [3.63, 3.8) is 0 Å². The third-order valence-electron chi connectivity index (χ3n) is 5.94. The van der Waals surface area contributed by atoms with Gasteiger partial charge in [0.2, 0.25) is 5.91 Å². The molecular formula is C18H29N5O. The first-order valence-corrected chi connectivity index (χ1v) is 9.73. The summed E-state index contributed by atoms with van der Waals surface area (Å²) in [6, 6.07) is 0. The molecule has 2 fully saturated rings. The van der Waals surface area contributed by atoms with Gasteiger partial charge in [-0.25, -0.2) is 0 Å². The van der Waals surface area contributed by atoms with E-state index in [-0.39, 0.29) is 0 Å². The normalized spacial score (nSPS) is 23.2. The van der Waals surface area contributed by atoms with E-state index >= 15 is 0 Å². The van der Waals surface area contributed by atoms with Crippen LogP contribution in [-0.4, -0.2) is 56.7 Å². The molecule has 0 aromatic carbocycles. The minimum Gasteiger partial charge on any atom is -0.340 e. The van der Waals surface area contributed by atoms with Gasteiger partial charge in [0, 0.05) is 45.1 Å². The van der Waals surface area contributed by atoms with Crippen molar-refractivity contribution < 1.29 is 4.79 Å². The predicted molar refractivity (Wildman–Crippen MR) is 91.4 cm³/mol. The Morgan fingerprint density at radius 1 is 0.917 bits per heavy atom. The second-order valence-electron chi connectivity index (χ2n) is 7.58. The molecule has 1 amide bonds. The average Bonchev–Trinajstić information content (AvgIpc) is 3.21. The first kappa shape index (κ1) is 16.1. The SMILES string of the molecule is O=C(C1CCCC1)N1CCN(Cc2nnc3n2CCCCC3)CC1. The predicted octanol–water partition coefficient (Wildman–Crippen LogP) is 1.84. The molecule has 1 saturated carbocycles. The fourth-order valence-corrected chi connectivity index (χ4v) is 4.42. The molecule has 6 heteroatoms. The highest BCUT2D eigenvalue weighted by Gasteiger charge is 2.29. The van der Waals surface area contributed by atoms with E-state index in [1.807, 2.05) is 0 Å². The molecule has 6 nitrogen and oxygen atoms in total. The van der Waals surface area contributed by atoms with E-state index < -0.39 is 0 Å². The molecule has 0 atom stereocenters. The number of aromatic nitrogens is 3. The third-order valence-corrected chi connectivity index (χ3v) is 5.94. The van der Waals surface area contributed by atoms with Crippen LogP contribution in [0.1, 0.15) is 56.6 Å². The maximum Gasteiger partial charge on any atom is 0.225 e. The van der Waals surface area contributed by atoms with Crippen molar-refractivity contribution in [2.75, 3.05) is 26.2 Å². The molecule has 3 aliphatic rings. The zero-order chi connectivity index (χ0) is 16.4. The van der Waals surface area contributed by atoms with Gasteiger partial charge in [-0.15, -0.1) is 10.2 Å². The number of piperazine rings is 1. The number of carbonyl (C=O) groups excluding carboxylic acids is 1. The summed E-state index contributed by atoms with van der Waals surface area (Å²) in [4.78, 5) is 17.1. The maximum atomic E-state index is 12.5. The highest BCUT2D eigenvalue weighted by atomic mass is 16.2. The molecule has 132 valence electrons. The Labute approximate surface area is 144 Å². The number of rotatable bonds is 3. The molecule has 1 aliphatic carbocycles. The number of hydrogen-bond acceptors (Lipinski definition) is 4. The molecule has 24 heavy (non-hydrogen) atoms. The Balaban J connectivity index is 1.32. The number of fused-ring (bicyclic) bond motifs is 1. The van der Waals surface area contributed by atoms with Crippen LogP contribution < -0.4 is 0 Å². The van der Waals surface area contributed by atoms with Crippen LogP contribution in [0.25, 0.3) is 0 Å². The lowest BCUT2D eigenvalue weighted by Gasteiger charge is -2.35. The lowest BCUT2D eigenvalue weighted by atomic mass is 10.1. The minimum absolute atomic E-state index is 0.309. The summed E-state index contributed by atoms with van der Waals surface area (Å²) in [6.07, 6.45) is 9.50. The second-order valence-corrected chi connectivity index (χ2v) is 7.58. The summed E-state index contributed by atoms with van der Waals surface area (Å²) in [5.41, 5.74) is 0. The number of aryl methyl sites for hydroxylation is 1. The minimum atomic E-state index is 0.309. The molecule has 0 bridgehead atoms. The molecule has 0 unspecified atom stereocenters. The van der Waals surface area contributed by atoms with E-state index in [0.29, 0.717) is 11.8 Å². The molecule has 1 aromatic rings. The van der Waals surface area contributed by atoms with Crippen molar-refractivity contribution in [2.24, 2.45) is 5.92 Å². The summed E-state index contributed by atoms with van der Waals surface area (Å²) in [5, 5.41) is 8.84. The molecule has 1 saturated heterocycles. The summed E-state index contributed by atoms with van der Waals surface area (Å²) in [5.74, 6) is 2.99. The fraction of sp³-hybridized carbons (Fsp3) is 0.833. The van der Waals surface area contributed by atoms with E-state index in [2.05, 4.69) is 24.6 Å². The van der Waals surface area contributed by atoms with E-state index in [1.165, 1.54) is 32.1 Å². The standard InChI is InChI=1S/C18H29N5O/c24-18(15-6-3-4-7-15)22-12-10-21(11-13-22)14-17-20-19-16-8-2-1-5-9-23(16)17/h15H,1-14H2. The Bertz CT molecular complexity index is 570. The largest absolute Gasteiger partial charge is 0.340 e. The van der Waals surface area contributed by atoms with Gasteiger partial charge in [0.25, 0.3) is 0 Å². The summed E-state index contributed by atoms with van der Waals surface area (Å²) in [7, 11) is 0. The van der Waals surface area contributed by atoms with Crippen LogP contribution >= 0.6 is 0 Å². The van der Waals surface area contributed by atoms with Crippen molar-refractivity contribution in [1.82, 2.24) is 24.6 Å².